The minimum absolute atomic E-state index is 0.00689. The molecule has 7 heteroatoms. The van der Waals surface area contributed by atoms with Crippen LogP contribution in [0, 0.1) is 5.92 Å². The molecule has 2 aromatic heterocycles. The predicted octanol–water partition coefficient (Wildman–Crippen LogP) is 2.62. The van der Waals surface area contributed by atoms with E-state index < -0.39 is 6.04 Å². The Morgan fingerprint density at radius 1 is 1.17 bits per heavy atom. The Balaban J connectivity index is 1.57. The first-order valence-electron chi connectivity index (χ1n) is 8.26. The van der Waals surface area contributed by atoms with E-state index in [1.807, 2.05) is 22.4 Å². The molecule has 1 atom stereocenters. The van der Waals surface area contributed by atoms with Crippen molar-refractivity contribution in [2.45, 2.75) is 26.3 Å². The van der Waals surface area contributed by atoms with Crippen molar-refractivity contribution >= 4 is 43.9 Å². The quantitative estimate of drug-likeness (QED) is 0.906. The monoisotopic (exact) mass is 365 g/mol. The molecule has 2 amide bonds. The number of amides is 2. The lowest BCUT2D eigenvalue weighted by atomic mass is 10.0. The third kappa shape index (κ3) is 3.63. The molecule has 0 bridgehead atoms. The average Bonchev–Trinajstić information content (AvgIpc) is 3.14. The molecule has 5 nitrogen and oxygen atoms in total. The normalized spacial score (nSPS) is 16.8. The van der Waals surface area contributed by atoms with E-state index in [-0.39, 0.29) is 11.8 Å². The molecule has 1 aliphatic rings. The van der Waals surface area contributed by atoms with Crippen LogP contribution in [0.1, 0.15) is 29.9 Å². The van der Waals surface area contributed by atoms with E-state index in [4.69, 9.17) is 5.73 Å². The fraction of sp³-hybridized carbons (Fsp3) is 0.529. The second-order valence-electron chi connectivity index (χ2n) is 6.61. The van der Waals surface area contributed by atoms with E-state index in [2.05, 4.69) is 13.8 Å². The van der Waals surface area contributed by atoms with E-state index >= 15 is 0 Å². The molecule has 0 aliphatic carbocycles. The summed E-state index contributed by atoms with van der Waals surface area (Å²) in [5, 5.41) is 2.04. The van der Waals surface area contributed by atoms with E-state index in [0.717, 1.165) is 14.3 Å². The highest BCUT2D eigenvalue weighted by atomic mass is 32.1. The number of carbonyl (C=O) groups excluding carboxylic acids is 2. The summed E-state index contributed by atoms with van der Waals surface area (Å²) >= 11 is 3.20. The molecule has 1 aliphatic heterocycles. The Morgan fingerprint density at radius 2 is 1.83 bits per heavy atom. The lowest BCUT2D eigenvalue weighted by molar-refractivity contribution is -0.134. The fourth-order valence-electron chi connectivity index (χ4n) is 3.00. The Morgan fingerprint density at radius 3 is 2.46 bits per heavy atom. The molecule has 2 N–H and O–H groups in total. The van der Waals surface area contributed by atoms with Gasteiger partial charge in [0.1, 0.15) is 0 Å². The van der Waals surface area contributed by atoms with E-state index in [1.54, 1.807) is 27.6 Å². The van der Waals surface area contributed by atoms with Crippen LogP contribution in [0.2, 0.25) is 0 Å². The summed E-state index contributed by atoms with van der Waals surface area (Å²) in [6, 6.07) is 3.59. The lowest BCUT2D eigenvalue weighted by Gasteiger charge is -2.36. The first-order chi connectivity index (χ1) is 11.5. The van der Waals surface area contributed by atoms with Crippen molar-refractivity contribution in [3.05, 3.63) is 22.4 Å². The number of fused-ring (bicyclic) bond motifs is 1. The summed E-state index contributed by atoms with van der Waals surface area (Å²) < 4.78 is 2.33. The van der Waals surface area contributed by atoms with Crippen molar-refractivity contribution in [3.8, 4) is 0 Å². The van der Waals surface area contributed by atoms with Gasteiger partial charge < -0.3 is 15.5 Å². The van der Waals surface area contributed by atoms with Crippen LogP contribution in [0.4, 0.5) is 0 Å². The van der Waals surface area contributed by atoms with Crippen LogP contribution in [0.15, 0.2) is 17.5 Å². The van der Waals surface area contributed by atoms with Gasteiger partial charge in [-0.05, 0) is 29.9 Å². The summed E-state index contributed by atoms with van der Waals surface area (Å²) in [6.45, 7) is 6.41. The van der Waals surface area contributed by atoms with Gasteiger partial charge in [-0.15, -0.1) is 22.7 Å². The molecule has 0 spiro atoms. The molecule has 0 saturated carbocycles. The second-order valence-corrected chi connectivity index (χ2v) is 8.64. The molecular formula is C17H23N3O2S2. The Kier molecular flexibility index (Phi) is 5.22. The number of nitrogens with zero attached hydrogens (tertiary/aromatic N) is 2. The number of nitrogens with two attached hydrogens (primary N) is 1. The molecule has 0 aromatic carbocycles. The molecule has 2 aromatic rings. The van der Waals surface area contributed by atoms with Gasteiger partial charge in [-0.2, -0.15) is 0 Å². The topological polar surface area (TPSA) is 66.6 Å². The molecule has 1 saturated heterocycles. The maximum atomic E-state index is 12.6. The lowest BCUT2D eigenvalue weighted by Crippen LogP contribution is -2.54. The molecular weight excluding hydrogens is 342 g/mol. The van der Waals surface area contributed by atoms with Crippen LogP contribution >= 0.6 is 22.7 Å². The van der Waals surface area contributed by atoms with E-state index in [1.165, 1.54) is 0 Å². The maximum Gasteiger partial charge on any atom is 0.264 e. The summed E-state index contributed by atoms with van der Waals surface area (Å²) in [4.78, 5) is 29.4. The highest BCUT2D eigenvalue weighted by Crippen LogP contribution is 2.30. The second kappa shape index (κ2) is 7.21. The predicted molar refractivity (Wildman–Crippen MR) is 99.6 cm³/mol. The number of hydrogen-bond acceptors (Lipinski definition) is 5. The van der Waals surface area contributed by atoms with Gasteiger partial charge in [0.2, 0.25) is 5.91 Å². The zero-order chi connectivity index (χ0) is 17.3. The van der Waals surface area contributed by atoms with Crippen LogP contribution in [-0.2, 0) is 4.79 Å². The van der Waals surface area contributed by atoms with Gasteiger partial charge >= 0.3 is 0 Å². The van der Waals surface area contributed by atoms with Crippen molar-refractivity contribution in [2.75, 3.05) is 26.2 Å². The Bertz CT molecular complexity index is 701. The maximum absolute atomic E-state index is 12.6. The SMILES string of the molecule is CC(C)C[C@H](N)C(=O)N1CCN(C(=O)c2cc3sccc3s2)CC1. The number of piperazine rings is 1. The molecule has 130 valence electrons. The smallest absolute Gasteiger partial charge is 0.264 e. The van der Waals surface area contributed by atoms with E-state index in [9.17, 15) is 9.59 Å². The number of thiophene rings is 2. The van der Waals surface area contributed by atoms with Gasteiger partial charge in [0.05, 0.1) is 10.9 Å². The molecule has 0 unspecified atom stereocenters. The van der Waals surface area contributed by atoms with Crippen LogP contribution in [-0.4, -0.2) is 53.8 Å². The van der Waals surface area contributed by atoms with Crippen molar-refractivity contribution in [2.24, 2.45) is 11.7 Å². The van der Waals surface area contributed by atoms with Gasteiger partial charge in [0.15, 0.2) is 0 Å². The third-order valence-electron chi connectivity index (χ3n) is 4.27. The standard InChI is InChI=1S/C17H23N3O2S2/c1-11(2)9-12(18)16(21)19-4-6-20(7-5-19)17(22)15-10-14-13(24-15)3-8-23-14/h3,8,10-12H,4-7,9,18H2,1-2H3/t12-/m0/s1. The van der Waals surface area contributed by atoms with Gasteiger partial charge in [-0.25, -0.2) is 0 Å². The molecule has 24 heavy (non-hydrogen) atoms. The largest absolute Gasteiger partial charge is 0.338 e. The summed E-state index contributed by atoms with van der Waals surface area (Å²) in [5.74, 6) is 0.480. The van der Waals surface area contributed by atoms with Gasteiger partial charge in [0, 0.05) is 35.6 Å². The Hall–Kier alpha value is -1.44. The van der Waals surface area contributed by atoms with Crippen LogP contribution in [0.3, 0.4) is 0 Å². The fourth-order valence-corrected chi connectivity index (χ4v) is 5.08. The van der Waals surface area contributed by atoms with Crippen molar-refractivity contribution < 1.29 is 9.59 Å². The van der Waals surface area contributed by atoms with Crippen molar-refractivity contribution in [1.82, 2.24) is 9.80 Å². The summed E-state index contributed by atoms with van der Waals surface area (Å²) in [6.07, 6.45) is 0.698. The molecule has 3 heterocycles. The van der Waals surface area contributed by atoms with Gasteiger partial charge in [-0.1, -0.05) is 13.8 Å². The molecule has 3 rings (SSSR count). The number of hydrogen-bond donors (Lipinski definition) is 1. The van der Waals surface area contributed by atoms with Crippen LogP contribution in [0.5, 0.6) is 0 Å². The van der Waals surface area contributed by atoms with Crippen LogP contribution < -0.4 is 5.73 Å². The van der Waals surface area contributed by atoms with Crippen LogP contribution in [0.25, 0.3) is 9.40 Å². The number of rotatable bonds is 4. The zero-order valence-electron chi connectivity index (χ0n) is 14.0. The Labute approximate surface area is 150 Å². The van der Waals surface area contributed by atoms with E-state index in [0.29, 0.717) is 38.5 Å². The highest BCUT2D eigenvalue weighted by Gasteiger charge is 2.28. The molecule has 0 radical (unpaired) electrons. The van der Waals surface area contributed by atoms with Gasteiger partial charge in [-0.3, -0.25) is 9.59 Å². The first kappa shape index (κ1) is 17.4. The minimum Gasteiger partial charge on any atom is -0.338 e. The van der Waals surface area contributed by atoms with Crippen molar-refractivity contribution in [1.29, 1.82) is 0 Å². The summed E-state index contributed by atoms with van der Waals surface area (Å²) in [5.41, 5.74) is 6.00. The zero-order valence-corrected chi connectivity index (χ0v) is 15.7. The number of carbonyl (C=O) groups is 2. The van der Waals surface area contributed by atoms with Crippen molar-refractivity contribution in [3.63, 3.8) is 0 Å². The minimum atomic E-state index is -0.434. The molecule has 1 fully saturated rings. The first-order valence-corrected chi connectivity index (χ1v) is 9.96. The third-order valence-corrected chi connectivity index (χ3v) is 6.35. The van der Waals surface area contributed by atoms with Gasteiger partial charge in [0.25, 0.3) is 5.91 Å². The average molecular weight is 366 g/mol. The highest BCUT2D eigenvalue weighted by molar-refractivity contribution is 7.27. The summed E-state index contributed by atoms with van der Waals surface area (Å²) in [7, 11) is 0.